The third-order valence-corrected chi connectivity index (χ3v) is 6.09. The van der Waals surface area contributed by atoms with Gasteiger partial charge in [-0.2, -0.15) is 9.78 Å². The SMILES string of the molecule is Cc1cccc(COc2cc(N(C)C)ccc2C=Nn2c(-c3ccccc3)nc3ccccc3c2=O)c1. The minimum Gasteiger partial charge on any atom is -0.488 e. The van der Waals surface area contributed by atoms with Gasteiger partial charge in [-0.05, 0) is 36.8 Å². The Morgan fingerprint density at radius 3 is 2.49 bits per heavy atom. The number of aromatic nitrogens is 2. The Bertz CT molecular complexity index is 1640. The summed E-state index contributed by atoms with van der Waals surface area (Å²) in [4.78, 5) is 20.3. The maximum absolute atomic E-state index is 13.5. The number of para-hydroxylation sites is 1. The van der Waals surface area contributed by atoms with Crippen LogP contribution in [0.5, 0.6) is 5.75 Å². The number of aryl methyl sites for hydroxylation is 1. The van der Waals surface area contributed by atoms with E-state index in [1.54, 1.807) is 12.3 Å². The van der Waals surface area contributed by atoms with Crippen LogP contribution in [0.3, 0.4) is 0 Å². The summed E-state index contributed by atoms with van der Waals surface area (Å²) >= 11 is 0. The van der Waals surface area contributed by atoms with Crippen molar-refractivity contribution in [2.75, 3.05) is 19.0 Å². The van der Waals surface area contributed by atoms with Crippen molar-refractivity contribution in [3.05, 3.63) is 124 Å². The molecule has 0 aliphatic heterocycles. The number of fused-ring (bicyclic) bond motifs is 1. The summed E-state index contributed by atoms with van der Waals surface area (Å²) < 4.78 is 7.61. The fraction of sp³-hybridized carbons (Fsp3) is 0.129. The van der Waals surface area contributed by atoms with Gasteiger partial charge in [-0.25, -0.2) is 4.98 Å². The van der Waals surface area contributed by atoms with E-state index < -0.39 is 0 Å². The fourth-order valence-electron chi connectivity index (χ4n) is 4.12. The van der Waals surface area contributed by atoms with E-state index in [0.717, 1.165) is 22.4 Å². The van der Waals surface area contributed by atoms with Crippen LogP contribution >= 0.6 is 0 Å². The average Bonchev–Trinajstić information content (AvgIpc) is 2.92. The number of benzene rings is 4. The minimum atomic E-state index is -0.229. The largest absolute Gasteiger partial charge is 0.488 e. The van der Waals surface area contributed by atoms with Crippen LogP contribution in [0.15, 0.2) is 107 Å². The molecular weight excluding hydrogens is 460 g/mol. The van der Waals surface area contributed by atoms with E-state index in [2.05, 4.69) is 24.2 Å². The Morgan fingerprint density at radius 1 is 0.919 bits per heavy atom. The predicted molar refractivity (Wildman–Crippen MR) is 151 cm³/mol. The molecule has 0 radical (unpaired) electrons. The van der Waals surface area contributed by atoms with Crippen molar-refractivity contribution in [2.24, 2.45) is 5.10 Å². The second-order valence-electron chi connectivity index (χ2n) is 9.07. The summed E-state index contributed by atoms with van der Waals surface area (Å²) in [6.07, 6.45) is 1.66. The zero-order valence-electron chi connectivity index (χ0n) is 21.1. The fourth-order valence-corrected chi connectivity index (χ4v) is 4.12. The van der Waals surface area contributed by atoms with Crippen LogP contribution in [0.2, 0.25) is 0 Å². The lowest BCUT2D eigenvalue weighted by Gasteiger charge is -2.16. The molecule has 0 spiro atoms. The number of rotatable bonds is 7. The molecule has 1 aromatic heterocycles. The van der Waals surface area contributed by atoms with Crippen molar-refractivity contribution in [1.29, 1.82) is 0 Å². The number of anilines is 1. The zero-order chi connectivity index (χ0) is 25.8. The molecule has 0 amide bonds. The molecule has 0 bridgehead atoms. The van der Waals surface area contributed by atoms with E-state index in [1.165, 1.54) is 10.2 Å². The smallest absolute Gasteiger partial charge is 0.282 e. The van der Waals surface area contributed by atoms with Gasteiger partial charge in [0.1, 0.15) is 12.4 Å². The lowest BCUT2D eigenvalue weighted by atomic mass is 10.1. The maximum atomic E-state index is 13.5. The normalized spacial score (nSPS) is 11.2. The number of hydrogen-bond acceptors (Lipinski definition) is 5. The molecule has 6 heteroatoms. The second kappa shape index (κ2) is 10.5. The van der Waals surface area contributed by atoms with Gasteiger partial charge in [-0.3, -0.25) is 4.79 Å². The predicted octanol–water partition coefficient (Wildman–Crippen LogP) is 5.90. The minimum absolute atomic E-state index is 0.229. The van der Waals surface area contributed by atoms with Crippen LogP contribution < -0.4 is 15.2 Å². The second-order valence-corrected chi connectivity index (χ2v) is 9.07. The lowest BCUT2D eigenvalue weighted by molar-refractivity contribution is 0.306. The lowest BCUT2D eigenvalue weighted by Crippen LogP contribution is -2.20. The molecule has 6 nitrogen and oxygen atoms in total. The van der Waals surface area contributed by atoms with Gasteiger partial charge in [-0.1, -0.05) is 72.3 Å². The van der Waals surface area contributed by atoms with Crippen molar-refractivity contribution >= 4 is 22.8 Å². The first kappa shape index (κ1) is 24.0. The summed E-state index contributed by atoms with van der Waals surface area (Å²) in [6.45, 7) is 2.49. The van der Waals surface area contributed by atoms with Crippen molar-refractivity contribution in [3.8, 4) is 17.1 Å². The molecule has 0 saturated carbocycles. The van der Waals surface area contributed by atoms with Gasteiger partial charge in [0.05, 0.1) is 17.1 Å². The summed E-state index contributed by atoms with van der Waals surface area (Å²) in [5.41, 5.74) is 5.24. The third kappa shape index (κ3) is 5.28. The van der Waals surface area contributed by atoms with Gasteiger partial charge in [0.25, 0.3) is 5.56 Å². The molecule has 0 fully saturated rings. The molecule has 1 heterocycles. The van der Waals surface area contributed by atoms with E-state index >= 15 is 0 Å². The first-order valence-corrected chi connectivity index (χ1v) is 12.1. The molecule has 0 atom stereocenters. The molecule has 184 valence electrons. The Kier molecular flexibility index (Phi) is 6.81. The van der Waals surface area contributed by atoms with Gasteiger partial charge in [-0.15, -0.1) is 0 Å². The van der Waals surface area contributed by atoms with E-state index in [4.69, 9.17) is 9.72 Å². The quantitative estimate of drug-likeness (QED) is 0.268. The van der Waals surface area contributed by atoms with E-state index in [9.17, 15) is 4.79 Å². The summed E-state index contributed by atoms with van der Waals surface area (Å²) in [5.74, 6) is 1.16. The first-order chi connectivity index (χ1) is 18.0. The Morgan fingerprint density at radius 2 is 1.70 bits per heavy atom. The number of hydrogen-bond donors (Lipinski definition) is 0. The molecule has 0 N–H and O–H groups in total. The van der Waals surface area contributed by atoms with Crippen molar-refractivity contribution in [2.45, 2.75) is 13.5 Å². The van der Waals surface area contributed by atoms with E-state index in [0.29, 0.717) is 29.1 Å². The highest BCUT2D eigenvalue weighted by molar-refractivity contribution is 5.85. The highest BCUT2D eigenvalue weighted by Gasteiger charge is 2.13. The monoisotopic (exact) mass is 488 g/mol. The Hall–Kier alpha value is -4.71. The Balaban J connectivity index is 1.58. The van der Waals surface area contributed by atoms with Gasteiger partial charge < -0.3 is 9.64 Å². The van der Waals surface area contributed by atoms with Gasteiger partial charge in [0, 0.05) is 37.0 Å². The summed E-state index contributed by atoms with van der Waals surface area (Å²) in [6, 6.07) is 31.1. The van der Waals surface area contributed by atoms with Crippen LogP contribution in [-0.2, 0) is 6.61 Å². The van der Waals surface area contributed by atoms with Crippen LogP contribution in [-0.4, -0.2) is 30.0 Å². The first-order valence-electron chi connectivity index (χ1n) is 12.1. The number of nitrogens with zero attached hydrogens (tertiary/aromatic N) is 4. The highest BCUT2D eigenvalue weighted by atomic mass is 16.5. The molecule has 0 saturated heterocycles. The Labute approximate surface area is 216 Å². The van der Waals surface area contributed by atoms with Gasteiger partial charge >= 0.3 is 0 Å². The van der Waals surface area contributed by atoms with E-state index in [-0.39, 0.29) is 5.56 Å². The van der Waals surface area contributed by atoms with Crippen LogP contribution in [0.1, 0.15) is 16.7 Å². The van der Waals surface area contributed by atoms with Gasteiger partial charge in [0.2, 0.25) is 0 Å². The van der Waals surface area contributed by atoms with Crippen molar-refractivity contribution < 1.29 is 4.74 Å². The summed E-state index contributed by atoms with van der Waals surface area (Å²) in [5, 5.41) is 5.14. The highest BCUT2D eigenvalue weighted by Crippen LogP contribution is 2.25. The topological polar surface area (TPSA) is 59.7 Å². The molecule has 0 aliphatic carbocycles. The average molecular weight is 489 g/mol. The molecular formula is C31H28N4O2. The third-order valence-electron chi connectivity index (χ3n) is 6.09. The molecule has 5 rings (SSSR count). The molecule has 5 aromatic rings. The number of ether oxygens (including phenoxy) is 1. The van der Waals surface area contributed by atoms with E-state index in [1.807, 2.05) is 97.9 Å². The maximum Gasteiger partial charge on any atom is 0.282 e. The molecule has 0 unspecified atom stereocenters. The standard InChI is InChI=1S/C31H28N4O2/c1-22-10-9-11-23(18-22)21-37-29-19-26(34(2)3)17-16-25(29)20-32-35-30(24-12-5-4-6-13-24)33-28-15-8-7-14-27(28)31(35)36/h4-20H,21H2,1-3H3. The van der Waals surface area contributed by atoms with Crippen LogP contribution in [0.25, 0.3) is 22.3 Å². The van der Waals surface area contributed by atoms with Crippen molar-refractivity contribution in [1.82, 2.24) is 9.66 Å². The molecule has 4 aromatic carbocycles. The summed E-state index contributed by atoms with van der Waals surface area (Å²) in [7, 11) is 3.97. The van der Waals surface area contributed by atoms with Crippen LogP contribution in [0, 0.1) is 6.92 Å². The zero-order valence-corrected chi connectivity index (χ0v) is 21.1. The molecule has 37 heavy (non-hydrogen) atoms. The van der Waals surface area contributed by atoms with Crippen molar-refractivity contribution in [3.63, 3.8) is 0 Å². The molecule has 0 aliphatic rings. The van der Waals surface area contributed by atoms with Crippen LogP contribution in [0.4, 0.5) is 5.69 Å². The van der Waals surface area contributed by atoms with Gasteiger partial charge in [0.15, 0.2) is 5.82 Å².